The van der Waals surface area contributed by atoms with Crippen LogP contribution in [0.3, 0.4) is 0 Å². The second-order valence-electron chi connectivity index (χ2n) is 2.95. The zero-order valence-electron chi connectivity index (χ0n) is 10.3. The molecule has 0 aliphatic carbocycles. The van der Waals surface area contributed by atoms with Crippen LogP contribution in [-0.4, -0.2) is 22.7 Å². The predicted molar refractivity (Wildman–Crippen MR) is 56.0 cm³/mol. The second-order valence-corrected chi connectivity index (χ2v) is 5.17. The van der Waals surface area contributed by atoms with Crippen molar-refractivity contribution in [3.63, 3.8) is 0 Å². The molecule has 0 amide bonds. The second kappa shape index (κ2) is 11.7. The molecule has 0 fully saturated rings. The Morgan fingerprint density at radius 3 is 2.50 bits per heavy atom. The zero-order chi connectivity index (χ0) is 12.0. The van der Waals surface area contributed by atoms with Gasteiger partial charge in [-0.25, -0.2) is 4.98 Å². The van der Waals surface area contributed by atoms with Crippen molar-refractivity contribution in [2.45, 2.75) is 23.5 Å². The van der Waals surface area contributed by atoms with Gasteiger partial charge in [0.15, 0.2) is 0 Å². The van der Waals surface area contributed by atoms with E-state index in [1.54, 1.807) is 0 Å². The first-order chi connectivity index (χ1) is 7.61. The van der Waals surface area contributed by atoms with Crippen LogP contribution in [0.15, 0.2) is 9.72 Å². The van der Waals surface area contributed by atoms with Crippen molar-refractivity contribution in [2.24, 2.45) is 0 Å². The Bertz CT molecular complexity index is 386. The largest absolute Gasteiger partial charge is 1.00 e. The first kappa shape index (κ1) is 21.2. The van der Waals surface area contributed by atoms with Gasteiger partial charge in [-0.1, -0.05) is 0 Å². The molecule has 0 aliphatic heterocycles. The van der Waals surface area contributed by atoms with Crippen molar-refractivity contribution < 1.29 is 78.9 Å². The molecule has 0 aromatic carbocycles. The fraction of sp³-hybridized carbons (Fsp3) is 0.444. The minimum atomic E-state index is -1.28. The van der Waals surface area contributed by atoms with E-state index in [0.717, 1.165) is 0 Å². The third-order valence-electron chi connectivity index (χ3n) is 1.74. The minimum Gasteiger partial charge on any atom is -0.550 e. The summed E-state index contributed by atoms with van der Waals surface area (Å²) in [5.41, 5.74) is 1.42. The summed E-state index contributed by atoms with van der Waals surface area (Å²) in [6.07, 6.45) is 1.27. The number of carboxylic acid groups (broad SMARTS) is 2. The molecular formula is C9H9NNa2O4S2. The number of unbranched alkanes of at least 4 members (excludes halogenated alkanes) is 1. The molecule has 1 aromatic heterocycles. The number of hydrogen-bond acceptors (Lipinski definition) is 7. The van der Waals surface area contributed by atoms with Crippen molar-refractivity contribution >= 4 is 35.0 Å². The van der Waals surface area contributed by atoms with Gasteiger partial charge in [-0.3, -0.25) is 0 Å². The molecule has 0 saturated heterocycles. The van der Waals surface area contributed by atoms with Gasteiger partial charge < -0.3 is 19.8 Å². The van der Waals surface area contributed by atoms with Crippen LogP contribution >= 0.6 is 23.1 Å². The zero-order valence-corrected chi connectivity index (χ0v) is 15.9. The number of carbonyl (C=O) groups is 2. The van der Waals surface area contributed by atoms with Gasteiger partial charge in [-0.05, 0) is 25.0 Å². The summed E-state index contributed by atoms with van der Waals surface area (Å²) >= 11 is 2.60. The van der Waals surface area contributed by atoms with Crippen LogP contribution in [0, 0.1) is 0 Å². The third kappa shape index (κ3) is 8.16. The number of carbonyl (C=O) groups excluding carboxylic acids is 2. The number of aliphatic carboxylic acids is 1. The molecule has 0 unspecified atom stereocenters. The molecule has 0 atom stereocenters. The minimum absolute atomic E-state index is 0. The topological polar surface area (TPSA) is 93.2 Å². The van der Waals surface area contributed by atoms with Gasteiger partial charge in [-0.2, -0.15) is 0 Å². The summed E-state index contributed by atoms with van der Waals surface area (Å²) in [5, 5.41) is 20.7. The Kier molecular flexibility index (Phi) is 13.8. The van der Waals surface area contributed by atoms with E-state index < -0.39 is 11.9 Å². The van der Waals surface area contributed by atoms with Crippen molar-refractivity contribution in [2.75, 3.05) is 5.75 Å². The number of carboxylic acids is 2. The Labute approximate surface area is 157 Å². The van der Waals surface area contributed by atoms with E-state index in [9.17, 15) is 19.8 Å². The van der Waals surface area contributed by atoms with Crippen molar-refractivity contribution in [1.29, 1.82) is 0 Å². The molecule has 5 nitrogen and oxygen atoms in total. The van der Waals surface area contributed by atoms with Crippen LogP contribution in [-0.2, 0) is 4.79 Å². The number of rotatable bonds is 7. The van der Waals surface area contributed by atoms with E-state index in [4.69, 9.17) is 0 Å². The van der Waals surface area contributed by atoms with Crippen molar-refractivity contribution in [3.8, 4) is 0 Å². The maximum Gasteiger partial charge on any atom is 1.00 e. The molecule has 0 radical (unpaired) electrons. The molecule has 18 heavy (non-hydrogen) atoms. The van der Waals surface area contributed by atoms with Crippen LogP contribution in [0.1, 0.15) is 29.8 Å². The van der Waals surface area contributed by atoms with Crippen molar-refractivity contribution in [1.82, 2.24) is 4.98 Å². The first-order valence-corrected chi connectivity index (χ1v) is 6.45. The molecule has 1 aromatic rings. The number of aromatic carboxylic acids is 1. The van der Waals surface area contributed by atoms with Gasteiger partial charge in [0.25, 0.3) is 0 Å². The number of thioether (sulfide) groups is 1. The molecule has 0 saturated carbocycles. The van der Waals surface area contributed by atoms with Gasteiger partial charge >= 0.3 is 59.1 Å². The smallest absolute Gasteiger partial charge is 0.550 e. The number of hydrogen-bond donors (Lipinski definition) is 0. The predicted octanol–water partition coefficient (Wildman–Crippen LogP) is -6.47. The number of thiazole rings is 1. The monoisotopic (exact) mass is 305 g/mol. The van der Waals surface area contributed by atoms with Crippen LogP contribution in [0.5, 0.6) is 0 Å². The summed E-state index contributed by atoms with van der Waals surface area (Å²) in [6.45, 7) is 0. The number of nitrogens with zero attached hydrogens (tertiary/aromatic N) is 1. The Morgan fingerprint density at radius 2 is 1.94 bits per heavy atom. The van der Waals surface area contributed by atoms with E-state index in [1.165, 1.54) is 28.6 Å². The summed E-state index contributed by atoms with van der Waals surface area (Å²) in [5.74, 6) is -1.67. The maximum atomic E-state index is 10.6. The van der Waals surface area contributed by atoms with Crippen molar-refractivity contribution in [3.05, 3.63) is 11.2 Å². The quantitative estimate of drug-likeness (QED) is 0.282. The summed E-state index contributed by atoms with van der Waals surface area (Å²) in [7, 11) is 0. The Balaban J connectivity index is 0. The summed E-state index contributed by atoms with van der Waals surface area (Å²) in [6, 6.07) is 0. The van der Waals surface area contributed by atoms with Gasteiger partial charge in [0.05, 0.1) is 15.7 Å². The van der Waals surface area contributed by atoms with Gasteiger partial charge in [-0.15, -0.1) is 23.1 Å². The molecule has 0 bridgehead atoms. The van der Waals surface area contributed by atoms with Crippen LogP contribution in [0.4, 0.5) is 0 Å². The van der Waals surface area contributed by atoms with E-state index in [-0.39, 0.29) is 71.2 Å². The first-order valence-electron chi connectivity index (χ1n) is 4.58. The molecular weight excluding hydrogens is 296 g/mol. The molecule has 1 heterocycles. The van der Waals surface area contributed by atoms with Crippen LogP contribution in [0.2, 0.25) is 0 Å². The Hall–Kier alpha value is 0.920. The molecule has 9 heteroatoms. The SMILES string of the molecule is O=C([O-])CCCCSc1scnc1C(=O)[O-].[Na+].[Na+]. The fourth-order valence-electron chi connectivity index (χ4n) is 1.01. The maximum absolute atomic E-state index is 10.6. The molecule has 0 spiro atoms. The molecule has 0 N–H and O–H groups in total. The van der Waals surface area contributed by atoms with Gasteiger partial charge in [0.1, 0.15) is 5.69 Å². The average molecular weight is 305 g/mol. The van der Waals surface area contributed by atoms with E-state index in [2.05, 4.69) is 4.98 Å². The molecule has 1 rings (SSSR count). The molecule has 88 valence electrons. The Morgan fingerprint density at radius 1 is 1.28 bits per heavy atom. The summed E-state index contributed by atoms with van der Waals surface area (Å²) < 4.78 is 0.605. The summed E-state index contributed by atoms with van der Waals surface area (Å²) in [4.78, 5) is 24.4. The fourth-order valence-corrected chi connectivity index (χ4v) is 2.97. The van der Waals surface area contributed by atoms with Crippen LogP contribution in [0.25, 0.3) is 0 Å². The normalized spacial score (nSPS) is 9.11. The van der Waals surface area contributed by atoms with E-state index >= 15 is 0 Å². The average Bonchev–Trinajstić information content (AvgIpc) is 2.65. The van der Waals surface area contributed by atoms with E-state index in [1.807, 2.05) is 0 Å². The standard InChI is InChI=1S/C9H11NO4S2.2Na/c11-6(12)3-1-2-4-15-9-7(8(13)14)10-5-16-9;;/h5H,1-4H2,(H,11,12)(H,13,14);;/q;2*+1/p-2. The van der Waals surface area contributed by atoms with Crippen LogP contribution < -0.4 is 69.3 Å². The van der Waals surface area contributed by atoms with E-state index in [0.29, 0.717) is 22.8 Å². The third-order valence-corrected chi connectivity index (χ3v) is 3.95. The van der Waals surface area contributed by atoms with Gasteiger partial charge in [0, 0.05) is 5.97 Å². The molecule has 0 aliphatic rings. The number of aromatic nitrogens is 1. The van der Waals surface area contributed by atoms with Gasteiger partial charge in [0.2, 0.25) is 0 Å².